The van der Waals surface area contributed by atoms with Gasteiger partial charge in [0.25, 0.3) is 5.56 Å². The maximum absolute atomic E-state index is 12.7. The molecule has 1 aliphatic heterocycles. The van der Waals surface area contributed by atoms with E-state index in [0.29, 0.717) is 19.0 Å². The Kier molecular flexibility index (Phi) is 4.85. The van der Waals surface area contributed by atoms with E-state index < -0.39 is 0 Å². The molecule has 3 heterocycles. The molecule has 0 spiro atoms. The number of pyridine rings is 1. The Balaban J connectivity index is 1.74. The summed E-state index contributed by atoms with van der Waals surface area (Å²) < 4.78 is 1.89. The van der Waals surface area contributed by atoms with E-state index in [2.05, 4.69) is 9.88 Å². The summed E-state index contributed by atoms with van der Waals surface area (Å²) in [6.07, 6.45) is 7.15. The summed E-state index contributed by atoms with van der Waals surface area (Å²) >= 11 is 0. The van der Waals surface area contributed by atoms with E-state index in [9.17, 15) is 9.59 Å². The fourth-order valence-electron chi connectivity index (χ4n) is 4.36. The van der Waals surface area contributed by atoms with Crippen LogP contribution in [0.2, 0.25) is 0 Å². The van der Waals surface area contributed by atoms with Crippen molar-refractivity contribution >= 4 is 22.9 Å². The van der Waals surface area contributed by atoms with Crippen LogP contribution in [0.3, 0.4) is 0 Å². The van der Waals surface area contributed by atoms with Gasteiger partial charge in [0, 0.05) is 56.8 Å². The summed E-state index contributed by atoms with van der Waals surface area (Å²) in [5, 5.41) is 0.949. The van der Waals surface area contributed by atoms with E-state index in [0.717, 1.165) is 61.8 Å². The summed E-state index contributed by atoms with van der Waals surface area (Å²) in [5.74, 6) is 0.770. The number of nitrogens with zero attached hydrogens (tertiary/aromatic N) is 5. The Labute approximate surface area is 159 Å². The number of amides is 1. The van der Waals surface area contributed by atoms with Gasteiger partial charge in [0.1, 0.15) is 5.65 Å². The highest BCUT2D eigenvalue weighted by Crippen LogP contribution is 2.31. The third-order valence-electron chi connectivity index (χ3n) is 5.90. The third-order valence-corrected chi connectivity index (χ3v) is 5.90. The average molecular weight is 369 g/mol. The summed E-state index contributed by atoms with van der Waals surface area (Å²) in [5.41, 5.74) is 1.72. The number of rotatable bonds is 2. The second-order valence-electron chi connectivity index (χ2n) is 7.73. The number of aryl methyl sites for hydroxylation is 1. The molecular weight excluding hydrogens is 342 g/mol. The smallest absolute Gasteiger partial charge is 0.252 e. The van der Waals surface area contributed by atoms with Crippen LogP contribution in [0.1, 0.15) is 50.6 Å². The number of hydrogen-bond acceptors (Lipinski definition) is 5. The first kappa shape index (κ1) is 17.9. The number of carbonyl (C=O) groups is 1. The molecule has 0 unspecified atom stereocenters. The topological polar surface area (TPSA) is 71.3 Å². The highest BCUT2D eigenvalue weighted by atomic mass is 16.2. The monoisotopic (exact) mass is 369 g/mol. The number of aromatic nitrogens is 3. The molecule has 2 fully saturated rings. The molecule has 27 heavy (non-hydrogen) atoms. The predicted molar refractivity (Wildman–Crippen MR) is 105 cm³/mol. The Hall–Kier alpha value is -2.44. The van der Waals surface area contributed by atoms with E-state index in [4.69, 9.17) is 4.98 Å². The fraction of sp³-hybridized carbons (Fsp3) is 0.600. The molecule has 0 N–H and O–H groups in total. The Morgan fingerprint density at radius 1 is 1.11 bits per heavy atom. The SMILES string of the molecule is CC(=O)N1CCCN(c2ncc3c(C)cc(=O)n(C4CCCC4)c3n2)CC1. The minimum Gasteiger partial charge on any atom is -0.341 e. The molecule has 1 saturated heterocycles. The van der Waals surface area contributed by atoms with Crippen molar-refractivity contribution in [2.75, 3.05) is 31.1 Å². The second-order valence-corrected chi connectivity index (χ2v) is 7.73. The fourth-order valence-corrected chi connectivity index (χ4v) is 4.36. The van der Waals surface area contributed by atoms with Crippen LogP contribution in [0.5, 0.6) is 0 Å². The zero-order valence-electron chi connectivity index (χ0n) is 16.1. The molecule has 0 bridgehead atoms. The molecule has 0 atom stereocenters. The van der Waals surface area contributed by atoms with Gasteiger partial charge in [-0.2, -0.15) is 4.98 Å². The van der Waals surface area contributed by atoms with Gasteiger partial charge in [-0.1, -0.05) is 12.8 Å². The van der Waals surface area contributed by atoms with Gasteiger partial charge >= 0.3 is 0 Å². The van der Waals surface area contributed by atoms with Crippen LogP contribution >= 0.6 is 0 Å². The van der Waals surface area contributed by atoms with Crippen LogP contribution in [0, 0.1) is 6.92 Å². The number of carbonyl (C=O) groups excluding carboxylic acids is 1. The highest BCUT2D eigenvalue weighted by molar-refractivity contribution is 5.79. The van der Waals surface area contributed by atoms with Crippen molar-refractivity contribution in [3.63, 3.8) is 0 Å². The van der Waals surface area contributed by atoms with Gasteiger partial charge in [0.05, 0.1) is 0 Å². The zero-order chi connectivity index (χ0) is 19.0. The van der Waals surface area contributed by atoms with E-state index >= 15 is 0 Å². The van der Waals surface area contributed by atoms with E-state index in [1.54, 1.807) is 13.0 Å². The molecule has 7 nitrogen and oxygen atoms in total. The van der Waals surface area contributed by atoms with Crippen LogP contribution in [0.4, 0.5) is 5.95 Å². The van der Waals surface area contributed by atoms with Crippen molar-refractivity contribution in [1.29, 1.82) is 0 Å². The Morgan fingerprint density at radius 2 is 1.89 bits per heavy atom. The van der Waals surface area contributed by atoms with Crippen LogP contribution in [-0.4, -0.2) is 51.5 Å². The summed E-state index contributed by atoms with van der Waals surface area (Å²) in [7, 11) is 0. The van der Waals surface area contributed by atoms with Crippen LogP contribution in [0.15, 0.2) is 17.1 Å². The van der Waals surface area contributed by atoms with E-state index in [1.165, 1.54) is 0 Å². The molecule has 1 saturated carbocycles. The first-order valence-electron chi connectivity index (χ1n) is 9.94. The maximum Gasteiger partial charge on any atom is 0.252 e. The zero-order valence-corrected chi connectivity index (χ0v) is 16.1. The quantitative estimate of drug-likeness (QED) is 0.812. The van der Waals surface area contributed by atoms with Crippen molar-refractivity contribution in [3.8, 4) is 0 Å². The first-order valence-corrected chi connectivity index (χ1v) is 9.94. The van der Waals surface area contributed by atoms with Gasteiger partial charge in [-0.05, 0) is 31.7 Å². The normalized spacial score (nSPS) is 18.9. The van der Waals surface area contributed by atoms with Crippen LogP contribution in [-0.2, 0) is 4.79 Å². The standard InChI is InChI=1S/C20H27N5O2/c1-14-12-18(27)25(16-6-3-4-7-16)19-17(14)13-21-20(22-19)24-9-5-8-23(10-11-24)15(2)26/h12-13,16H,3-11H2,1-2H3. The van der Waals surface area contributed by atoms with Gasteiger partial charge in [-0.3, -0.25) is 14.2 Å². The lowest BCUT2D eigenvalue weighted by atomic mass is 10.1. The molecule has 0 radical (unpaired) electrons. The lowest BCUT2D eigenvalue weighted by Crippen LogP contribution is -2.34. The summed E-state index contributed by atoms with van der Waals surface area (Å²) in [6.45, 7) is 6.54. The van der Waals surface area contributed by atoms with Crippen LogP contribution in [0.25, 0.3) is 11.0 Å². The van der Waals surface area contributed by atoms with Gasteiger partial charge in [0.15, 0.2) is 0 Å². The second kappa shape index (κ2) is 7.29. The molecule has 4 rings (SSSR count). The molecule has 1 aliphatic carbocycles. The molecule has 144 valence electrons. The number of anilines is 1. The Morgan fingerprint density at radius 3 is 2.63 bits per heavy atom. The highest BCUT2D eigenvalue weighted by Gasteiger charge is 2.23. The molecule has 1 amide bonds. The Bertz CT molecular complexity index is 916. The third kappa shape index (κ3) is 3.42. The average Bonchev–Trinajstić information content (AvgIpc) is 3.04. The number of fused-ring (bicyclic) bond motifs is 1. The minimum absolute atomic E-state index is 0.0372. The molecule has 0 aromatic carbocycles. The molecule has 2 aliphatic rings. The van der Waals surface area contributed by atoms with Gasteiger partial charge in [0.2, 0.25) is 11.9 Å². The van der Waals surface area contributed by atoms with E-state index in [1.807, 2.05) is 22.6 Å². The van der Waals surface area contributed by atoms with Crippen molar-refractivity contribution in [3.05, 3.63) is 28.2 Å². The van der Waals surface area contributed by atoms with Crippen molar-refractivity contribution in [2.24, 2.45) is 0 Å². The first-order chi connectivity index (χ1) is 13.0. The van der Waals surface area contributed by atoms with Crippen molar-refractivity contribution in [2.45, 2.75) is 52.0 Å². The van der Waals surface area contributed by atoms with E-state index in [-0.39, 0.29) is 17.5 Å². The van der Waals surface area contributed by atoms with Gasteiger partial charge in [-0.15, -0.1) is 0 Å². The largest absolute Gasteiger partial charge is 0.341 e. The maximum atomic E-state index is 12.7. The lowest BCUT2D eigenvalue weighted by molar-refractivity contribution is -0.128. The lowest BCUT2D eigenvalue weighted by Gasteiger charge is -2.23. The molecule has 2 aromatic heterocycles. The summed E-state index contributed by atoms with van der Waals surface area (Å²) in [4.78, 5) is 37.9. The van der Waals surface area contributed by atoms with Crippen molar-refractivity contribution in [1.82, 2.24) is 19.4 Å². The van der Waals surface area contributed by atoms with Gasteiger partial charge in [-0.25, -0.2) is 4.98 Å². The molecular formula is C20H27N5O2. The van der Waals surface area contributed by atoms with Crippen molar-refractivity contribution < 1.29 is 4.79 Å². The van der Waals surface area contributed by atoms with Gasteiger partial charge < -0.3 is 9.80 Å². The molecule has 7 heteroatoms. The predicted octanol–water partition coefficient (Wildman–Crippen LogP) is 2.27. The summed E-state index contributed by atoms with van der Waals surface area (Å²) in [6, 6.07) is 1.95. The minimum atomic E-state index is 0.0372. The van der Waals surface area contributed by atoms with Crippen LogP contribution < -0.4 is 10.5 Å². The molecule has 2 aromatic rings. The number of hydrogen-bond donors (Lipinski definition) is 0.